The van der Waals surface area contributed by atoms with E-state index in [-0.39, 0.29) is 5.91 Å². The zero-order valence-electron chi connectivity index (χ0n) is 11.2. The second-order valence-electron chi connectivity index (χ2n) is 4.95. The highest BCUT2D eigenvalue weighted by Crippen LogP contribution is 2.24. The number of H-pyrrole nitrogens is 2. The normalized spacial score (nSPS) is 11.0. The number of hydrogen-bond acceptors (Lipinski definition) is 1. The van der Waals surface area contributed by atoms with E-state index in [1.807, 2.05) is 60.9 Å². The van der Waals surface area contributed by atoms with Gasteiger partial charge in [-0.1, -0.05) is 24.3 Å². The first-order chi connectivity index (χ1) is 10.3. The summed E-state index contributed by atoms with van der Waals surface area (Å²) in [7, 11) is 0. The number of rotatable bonds is 2. The van der Waals surface area contributed by atoms with Crippen LogP contribution in [0.3, 0.4) is 0 Å². The Balaban J connectivity index is 1.74. The molecule has 4 rings (SSSR count). The second kappa shape index (κ2) is 4.52. The van der Waals surface area contributed by atoms with Crippen molar-refractivity contribution in [3.05, 3.63) is 66.5 Å². The average Bonchev–Trinajstić information content (AvgIpc) is 3.14. The van der Waals surface area contributed by atoms with E-state index in [2.05, 4.69) is 15.3 Å². The van der Waals surface area contributed by atoms with Crippen LogP contribution < -0.4 is 5.32 Å². The van der Waals surface area contributed by atoms with Crippen molar-refractivity contribution in [1.82, 2.24) is 9.97 Å². The molecule has 4 nitrogen and oxygen atoms in total. The Labute approximate surface area is 120 Å². The fourth-order valence-corrected chi connectivity index (χ4v) is 2.65. The van der Waals surface area contributed by atoms with Crippen LogP contribution in [0.2, 0.25) is 0 Å². The quantitative estimate of drug-likeness (QED) is 0.510. The molecule has 3 N–H and O–H groups in total. The third-order valence-corrected chi connectivity index (χ3v) is 3.68. The Bertz CT molecular complexity index is 949. The molecule has 0 bridgehead atoms. The maximum Gasteiger partial charge on any atom is 0.256 e. The number of hydrogen-bond donors (Lipinski definition) is 3. The van der Waals surface area contributed by atoms with E-state index >= 15 is 0 Å². The number of carbonyl (C=O) groups excluding carboxylic acids is 1. The number of aromatic amines is 2. The molecule has 0 fully saturated rings. The molecule has 0 aliphatic rings. The average molecular weight is 275 g/mol. The van der Waals surface area contributed by atoms with Gasteiger partial charge in [0.25, 0.3) is 5.91 Å². The predicted octanol–water partition coefficient (Wildman–Crippen LogP) is 3.90. The van der Waals surface area contributed by atoms with Crippen molar-refractivity contribution < 1.29 is 4.79 Å². The fraction of sp³-hybridized carbons (Fsp3) is 0. The molecule has 0 saturated carbocycles. The van der Waals surface area contributed by atoms with Gasteiger partial charge in [0.15, 0.2) is 0 Å². The van der Waals surface area contributed by atoms with Crippen LogP contribution in [0.4, 0.5) is 5.69 Å². The maximum absolute atomic E-state index is 12.5. The number of benzene rings is 2. The van der Waals surface area contributed by atoms with Gasteiger partial charge in [-0.2, -0.15) is 0 Å². The van der Waals surface area contributed by atoms with Crippen molar-refractivity contribution in [1.29, 1.82) is 0 Å². The van der Waals surface area contributed by atoms with E-state index in [1.54, 1.807) is 0 Å². The number of anilines is 1. The lowest BCUT2D eigenvalue weighted by Crippen LogP contribution is -2.11. The molecule has 4 aromatic rings. The number of nitrogens with one attached hydrogen (secondary N) is 3. The molecule has 4 heteroatoms. The summed E-state index contributed by atoms with van der Waals surface area (Å²) in [4.78, 5) is 18.8. The molecule has 1 amide bonds. The topological polar surface area (TPSA) is 60.7 Å². The monoisotopic (exact) mass is 275 g/mol. The highest BCUT2D eigenvalue weighted by atomic mass is 16.1. The maximum atomic E-state index is 12.5. The van der Waals surface area contributed by atoms with Gasteiger partial charge in [0.1, 0.15) is 0 Å². The van der Waals surface area contributed by atoms with Crippen molar-refractivity contribution in [3.63, 3.8) is 0 Å². The summed E-state index contributed by atoms with van der Waals surface area (Å²) in [6, 6.07) is 15.5. The molecular weight excluding hydrogens is 262 g/mol. The molecule has 0 unspecified atom stereocenters. The first-order valence-corrected chi connectivity index (χ1v) is 6.76. The van der Waals surface area contributed by atoms with Gasteiger partial charge in [0.2, 0.25) is 0 Å². The summed E-state index contributed by atoms with van der Waals surface area (Å²) in [5.41, 5.74) is 3.43. The Kier molecular flexibility index (Phi) is 2.54. The van der Waals surface area contributed by atoms with Crippen molar-refractivity contribution in [2.45, 2.75) is 0 Å². The van der Waals surface area contributed by atoms with Crippen molar-refractivity contribution >= 4 is 33.4 Å². The molecule has 0 aliphatic heterocycles. The number of fused-ring (bicyclic) bond motifs is 2. The molecule has 21 heavy (non-hydrogen) atoms. The SMILES string of the molecule is O=C(Nc1c[nH]c2ccccc12)c1cccc2[nH]ccc12. The van der Waals surface area contributed by atoms with Crippen LogP contribution in [0.15, 0.2) is 60.9 Å². The van der Waals surface area contributed by atoms with Crippen molar-refractivity contribution in [2.75, 3.05) is 5.32 Å². The summed E-state index contributed by atoms with van der Waals surface area (Å²) in [5.74, 6) is -0.107. The van der Waals surface area contributed by atoms with Crippen LogP contribution in [-0.2, 0) is 0 Å². The lowest BCUT2D eigenvalue weighted by atomic mass is 10.1. The Hall–Kier alpha value is -3.01. The molecule has 0 saturated heterocycles. The van der Waals surface area contributed by atoms with Gasteiger partial charge in [-0.15, -0.1) is 0 Å². The lowest BCUT2D eigenvalue weighted by molar-refractivity contribution is 0.102. The van der Waals surface area contributed by atoms with Crippen LogP contribution >= 0.6 is 0 Å². The van der Waals surface area contributed by atoms with E-state index < -0.39 is 0 Å². The van der Waals surface area contributed by atoms with Gasteiger partial charge in [-0.25, -0.2) is 0 Å². The van der Waals surface area contributed by atoms with Gasteiger partial charge in [0.05, 0.1) is 5.69 Å². The smallest absolute Gasteiger partial charge is 0.256 e. The molecule has 2 aromatic heterocycles. The van der Waals surface area contributed by atoms with Gasteiger partial charge in [-0.05, 0) is 24.3 Å². The summed E-state index contributed by atoms with van der Waals surface area (Å²) < 4.78 is 0. The van der Waals surface area contributed by atoms with Gasteiger partial charge >= 0.3 is 0 Å². The second-order valence-corrected chi connectivity index (χ2v) is 4.95. The lowest BCUT2D eigenvalue weighted by Gasteiger charge is -2.05. The number of para-hydroxylation sites is 1. The zero-order chi connectivity index (χ0) is 14.2. The van der Waals surface area contributed by atoms with Crippen molar-refractivity contribution in [2.24, 2.45) is 0 Å². The van der Waals surface area contributed by atoms with E-state index in [9.17, 15) is 4.79 Å². The van der Waals surface area contributed by atoms with Crippen LogP contribution in [0, 0.1) is 0 Å². The fourth-order valence-electron chi connectivity index (χ4n) is 2.65. The Morgan fingerprint density at radius 2 is 1.67 bits per heavy atom. The third kappa shape index (κ3) is 1.89. The van der Waals surface area contributed by atoms with Crippen LogP contribution in [-0.4, -0.2) is 15.9 Å². The molecule has 0 spiro atoms. The number of amides is 1. The predicted molar refractivity (Wildman–Crippen MR) is 84.6 cm³/mol. The summed E-state index contributed by atoms with van der Waals surface area (Å²) in [6.07, 6.45) is 3.66. The molecule has 0 radical (unpaired) electrons. The van der Waals surface area contributed by atoms with Crippen LogP contribution in [0.25, 0.3) is 21.8 Å². The van der Waals surface area contributed by atoms with Gasteiger partial charge in [0, 0.05) is 39.8 Å². The first-order valence-electron chi connectivity index (χ1n) is 6.76. The Morgan fingerprint density at radius 3 is 2.62 bits per heavy atom. The molecule has 2 heterocycles. The van der Waals surface area contributed by atoms with Gasteiger partial charge in [-0.3, -0.25) is 4.79 Å². The number of carbonyl (C=O) groups is 1. The number of aromatic nitrogens is 2. The minimum absolute atomic E-state index is 0.107. The summed E-state index contributed by atoms with van der Waals surface area (Å²) >= 11 is 0. The van der Waals surface area contributed by atoms with E-state index in [4.69, 9.17) is 0 Å². The summed E-state index contributed by atoms with van der Waals surface area (Å²) in [5, 5.41) is 4.91. The molecule has 0 atom stereocenters. The zero-order valence-corrected chi connectivity index (χ0v) is 11.2. The van der Waals surface area contributed by atoms with E-state index in [1.165, 1.54) is 0 Å². The minimum Gasteiger partial charge on any atom is -0.361 e. The van der Waals surface area contributed by atoms with Crippen LogP contribution in [0.1, 0.15) is 10.4 Å². The van der Waals surface area contributed by atoms with E-state index in [0.717, 1.165) is 27.5 Å². The van der Waals surface area contributed by atoms with Gasteiger partial charge < -0.3 is 15.3 Å². The molecule has 0 aliphatic carbocycles. The van der Waals surface area contributed by atoms with Crippen molar-refractivity contribution in [3.8, 4) is 0 Å². The third-order valence-electron chi connectivity index (χ3n) is 3.68. The van der Waals surface area contributed by atoms with E-state index in [0.29, 0.717) is 5.56 Å². The summed E-state index contributed by atoms with van der Waals surface area (Å²) in [6.45, 7) is 0. The standard InChI is InChI=1S/C17H13N3O/c21-17(12-5-3-7-14-11(12)8-9-18-14)20-16-10-19-15-6-2-1-4-13(15)16/h1-10,18-19H,(H,20,21). The molecular formula is C17H13N3O. The highest BCUT2D eigenvalue weighted by molar-refractivity contribution is 6.14. The Morgan fingerprint density at radius 1 is 0.857 bits per heavy atom. The largest absolute Gasteiger partial charge is 0.361 e. The van der Waals surface area contributed by atoms with Crippen LogP contribution in [0.5, 0.6) is 0 Å². The highest BCUT2D eigenvalue weighted by Gasteiger charge is 2.12. The molecule has 2 aromatic carbocycles. The first kappa shape index (κ1) is 11.8. The minimum atomic E-state index is -0.107. The molecule has 102 valence electrons.